The molecule has 8 heteroatoms. The lowest BCUT2D eigenvalue weighted by molar-refractivity contribution is -0.141. The zero-order chi connectivity index (χ0) is 18.2. The zero-order valence-electron chi connectivity index (χ0n) is 13.9. The predicted octanol–water partition coefficient (Wildman–Crippen LogP) is 1.17. The number of ether oxygens (including phenoxy) is 2. The number of nitrogens with zero attached hydrogens (tertiary/aromatic N) is 2. The van der Waals surface area contributed by atoms with Gasteiger partial charge in [-0.3, -0.25) is 9.59 Å². The maximum atomic E-state index is 12.4. The van der Waals surface area contributed by atoms with Crippen LogP contribution in [0, 0.1) is 5.92 Å². The molecule has 0 saturated carbocycles. The first kappa shape index (κ1) is 18.2. The number of hydrogen-bond donors (Lipinski definition) is 2. The normalized spacial score (nSPS) is 11.4. The standard InChI is InChI=1S/C17H19N3O5/c1-24-15-13(16(25-2)20-10-19-15)14(21)18-9-12(17(22)23)8-11-6-4-3-5-7-11/h3-7,10,12H,8-9H2,1-2H3,(H,18,21)(H,22,23). The quantitative estimate of drug-likeness (QED) is 0.739. The van der Waals surface area contributed by atoms with Gasteiger partial charge in [0.2, 0.25) is 11.8 Å². The molecule has 1 aromatic carbocycles. The van der Waals surface area contributed by atoms with Crippen LogP contribution in [0.15, 0.2) is 36.7 Å². The maximum Gasteiger partial charge on any atom is 0.308 e. The van der Waals surface area contributed by atoms with E-state index < -0.39 is 17.8 Å². The lowest BCUT2D eigenvalue weighted by atomic mass is 9.99. The van der Waals surface area contributed by atoms with Crippen LogP contribution < -0.4 is 14.8 Å². The molecule has 0 spiro atoms. The number of rotatable bonds is 8. The monoisotopic (exact) mass is 345 g/mol. The van der Waals surface area contributed by atoms with E-state index in [9.17, 15) is 14.7 Å². The van der Waals surface area contributed by atoms with Gasteiger partial charge < -0.3 is 19.9 Å². The molecule has 1 unspecified atom stereocenters. The van der Waals surface area contributed by atoms with Crippen LogP contribution in [0.3, 0.4) is 0 Å². The Morgan fingerprint density at radius 3 is 2.24 bits per heavy atom. The third-order valence-electron chi connectivity index (χ3n) is 3.57. The van der Waals surface area contributed by atoms with Gasteiger partial charge in [-0.1, -0.05) is 30.3 Å². The van der Waals surface area contributed by atoms with Gasteiger partial charge in [-0.05, 0) is 12.0 Å². The first-order valence-electron chi connectivity index (χ1n) is 7.54. The number of carboxylic acid groups (broad SMARTS) is 1. The number of carbonyl (C=O) groups excluding carboxylic acids is 1. The summed E-state index contributed by atoms with van der Waals surface area (Å²) in [6.07, 6.45) is 1.51. The Kier molecular flexibility index (Phi) is 6.27. The molecule has 2 aromatic rings. The number of methoxy groups -OCH3 is 2. The molecule has 0 aliphatic rings. The van der Waals surface area contributed by atoms with E-state index in [1.54, 1.807) is 0 Å². The van der Waals surface area contributed by atoms with Crippen LogP contribution in [0.4, 0.5) is 0 Å². The average Bonchev–Trinajstić information content (AvgIpc) is 2.64. The second kappa shape index (κ2) is 8.62. The molecule has 0 saturated heterocycles. The van der Waals surface area contributed by atoms with Gasteiger partial charge in [0.25, 0.3) is 5.91 Å². The van der Waals surface area contributed by atoms with Crippen LogP contribution in [0.25, 0.3) is 0 Å². The van der Waals surface area contributed by atoms with E-state index in [-0.39, 0.29) is 23.9 Å². The molecule has 1 heterocycles. The number of benzene rings is 1. The molecule has 1 aromatic heterocycles. The van der Waals surface area contributed by atoms with Gasteiger partial charge in [-0.25, -0.2) is 9.97 Å². The smallest absolute Gasteiger partial charge is 0.308 e. The van der Waals surface area contributed by atoms with Crippen LogP contribution in [-0.2, 0) is 11.2 Å². The van der Waals surface area contributed by atoms with Crippen LogP contribution in [0.5, 0.6) is 11.8 Å². The summed E-state index contributed by atoms with van der Waals surface area (Å²) in [5.41, 5.74) is 0.902. The summed E-state index contributed by atoms with van der Waals surface area (Å²) in [7, 11) is 2.74. The molecule has 0 aliphatic heterocycles. The first-order chi connectivity index (χ1) is 12.1. The Bertz CT molecular complexity index is 714. The minimum atomic E-state index is -0.993. The minimum Gasteiger partial charge on any atom is -0.481 e. The van der Waals surface area contributed by atoms with Crippen LogP contribution in [0.1, 0.15) is 15.9 Å². The number of carboxylic acids is 1. The fraction of sp³-hybridized carbons (Fsp3) is 0.294. The van der Waals surface area contributed by atoms with Crippen molar-refractivity contribution in [1.29, 1.82) is 0 Å². The predicted molar refractivity (Wildman–Crippen MR) is 88.7 cm³/mol. The van der Waals surface area contributed by atoms with Gasteiger partial charge >= 0.3 is 5.97 Å². The Morgan fingerprint density at radius 1 is 1.12 bits per heavy atom. The molecule has 1 amide bonds. The van der Waals surface area contributed by atoms with Gasteiger partial charge in [-0.2, -0.15) is 0 Å². The largest absolute Gasteiger partial charge is 0.481 e. The van der Waals surface area contributed by atoms with Gasteiger partial charge in [0.1, 0.15) is 6.33 Å². The highest BCUT2D eigenvalue weighted by Gasteiger charge is 2.24. The Balaban J connectivity index is 2.10. The molecule has 2 N–H and O–H groups in total. The number of hydrogen-bond acceptors (Lipinski definition) is 6. The molecule has 25 heavy (non-hydrogen) atoms. The lowest BCUT2D eigenvalue weighted by Gasteiger charge is -2.15. The number of aliphatic carboxylic acids is 1. The van der Waals surface area contributed by atoms with Gasteiger partial charge in [-0.15, -0.1) is 0 Å². The molecule has 1 atom stereocenters. The SMILES string of the molecule is COc1ncnc(OC)c1C(=O)NCC(Cc1ccccc1)C(=O)O. The summed E-state index contributed by atoms with van der Waals surface area (Å²) >= 11 is 0. The minimum absolute atomic E-state index is 0.0244. The van der Waals surface area contributed by atoms with Crippen molar-refractivity contribution in [3.05, 3.63) is 47.8 Å². The van der Waals surface area contributed by atoms with Crippen LogP contribution in [0.2, 0.25) is 0 Å². The Labute approximate surface area is 144 Å². The van der Waals surface area contributed by atoms with Crippen LogP contribution in [-0.4, -0.2) is 47.7 Å². The van der Waals surface area contributed by atoms with E-state index in [0.29, 0.717) is 6.42 Å². The summed E-state index contributed by atoms with van der Waals surface area (Å²) in [6.45, 7) is -0.0513. The van der Waals surface area contributed by atoms with E-state index in [1.807, 2.05) is 30.3 Å². The molecular weight excluding hydrogens is 326 g/mol. The van der Waals surface area contributed by atoms with E-state index in [0.717, 1.165) is 5.56 Å². The van der Waals surface area contributed by atoms with E-state index in [2.05, 4.69) is 15.3 Å². The van der Waals surface area contributed by atoms with Crippen molar-refractivity contribution in [3.63, 3.8) is 0 Å². The van der Waals surface area contributed by atoms with E-state index >= 15 is 0 Å². The summed E-state index contributed by atoms with van der Waals surface area (Å²) in [5, 5.41) is 12.0. The van der Waals surface area contributed by atoms with Crippen LogP contribution >= 0.6 is 0 Å². The average molecular weight is 345 g/mol. The highest BCUT2D eigenvalue weighted by Crippen LogP contribution is 2.23. The van der Waals surface area contributed by atoms with Crippen molar-refractivity contribution in [2.24, 2.45) is 5.92 Å². The second-order valence-corrected chi connectivity index (χ2v) is 5.20. The first-order valence-corrected chi connectivity index (χ1v) is 7.54. The third kappa shape index (κ3) is 4.66. The van der Waals surface area contributed by atoms with E-state index in [1.165, 1.54) is 20.5 Å². The molecule has 0 fully saturated rings. The fourth-order valence-corrected chi connectivity index (χ4v) is 2.31. The highest BCUT2D eigenvalue weighted by molar-refractivity contribution is 5.98. The second-order valence-electron chi connectivity index (χ2n) is 5.20. The molecular formula is C17H19N3O5. The summed E-state index contributed by atoms with van der Waals surface area (Å²) in [4.78, 5) is 31.6. The lowest BCUT2D eigenvalue weighted by Crippen LogP contribution is -2.34. The van der Waals surface area contributed by atoms with Crippen molar-refractivity contribution in [3.8, 4) is 11.8 Å². The van der Waals surface area contributed by atoms with Crippen molar-refractivity contribution >= 4 is 11.9 Å². The number of aromatic nitrogens is 2. The zero-order valence-corrected chi connectivity index (χ0v) is 13.9. The third-order valence-corrected chi connectivity index (χ3v) is 3.57. The maximum absolute atomic E-state index is 12.4. The molecule has 0 bridgehead atoms. The summed E-state index contributed by atoms with van der Waals surface area (Å²) in [6, 6.07) is 9.21. The fourth-order valence-electron chi connectivity index (χ4n) is 2.31. The van der Waals surface area contributed by atoms with Crippen molar-refractivity contribution < 1.29 is 24.2 Å². The molecule has 0 aliphatic carbocycles. The highest BCUT2D eigenvalue weighted by atomic mass is 16.5. The molecule has 132 valence electrons. The molecule has 8 nitrogen and oxygen atoms in total. The van der Waals surface area contributed by atoms with Gasteiger partial charge in [0.05, 0.1) is 20.1 Å². The summed E-state index contributed by atoms with van der Waals surface area (Å²) < 4.78 is 10.1. The Morgan fingerprint density at radius 2 is 1.72 bits per heavy atom. The molecule has 2 rings (SSSR count). The van der Waals surface area contributed by atoms with Crippen molar-refractivity contribution in [2.75, 3.05) is 20.8 Å². The van der Waals surface area contributed by atoms with Gasteiger partial charge in [0, 0.05) is 6.54 Å². The Hall–Kier alpha value is -3.16. The number of amides is 1. The van der Waals surface area contributed by atoms with Gasteiger partial charge in [0.15, 0.2) is 5.56 Å². The van der Waals surface area contributed by atoms with Crippen molar-refractivity contribution in [2.45, 2.75) is 6.42 Å². The summed E-state index contributed by atoms with van der Waals surface area (Å²) in [5.74, 6) is -2.22. The number of carbonyl (C=O) groups is 2. The molecule has 0 radical (unpaired) electrons. The van der Waals surface area contributed by atoms with Crippen molar-refractivity contribution in [1.82, 2.24) is 15.3 Å². The number of nitrogens with one attached hydrogen (secondary N) is 1. The topological polar surface area (TPSA) is 111 Å². The van der Waals surface area contributed by atoms with E-state index in [4.69, 9.17) is 9.47 Å².